The monoisotopic (exact) mass is 190 g/mol. The predicted molar refractivity (Wildman–Crippen MR) is 47.3 cm³/mol. The van der Waals surface area contributed by atoms with E-state index in [4.69, 9.17) is 18.9 Å². The molecule has 0 radical (unpaired) electrons. The quantitative estimate of drug-likeness (QED) is 0.620. The van der Waals surface area contributed by atoms with Crippen LogP contribution in [0.2, 0.25) is 0 Å². The molecule has 13 heavy (non-hydrogen) atoms. The summed E-state index contributed by atoms with van der Waals surface area (Å²) in [4.78, 5) is 0. The number of ether oxygens (including phenoxy) is 4. The average molecular weight is 190 g/mol. The third-order valence-corrected chi connectivity index (χ3v) is 2.40. The molecule has 78 valence electrons. The van der Waals surface area contributed by atoms with Crippen molar-refractivity contribution in [2.45, 2.75) is 25.4 Å². The van der Waals surface area contributed by atoms with E-state index >= 15 is 0 Å². The number of rotatable bonds is 4. The topological polar surface area (TPSA) is 36.9 Å². The molecule has 2 atom stereocenters. The Labute approximate surface area is 79.1 Å². The van der Waals surface area contributed by atoms with Crippen LogP contribution in [0, 0.1) is 5.92 Å². The van der Waals surface area contributed by atoms with Gasteiger partial charge in [0.25, 0.3) is 0 Å². The average Bonchev–Trinajstić information content (AvgIpc) is 2.20. The molecule has 0 amide bonds. The van der Waals surface area contributed by atoms with E-state index in [1.165, 1.54) is 0 Å². The molecule has 4 nitrogen and oxygen atoms in total. The molecular weight excluding hydrogens is 172 g/mol. The van der Waals surface area contributed by atoms with Gasteiger partial charge in [-0.15, -0.1) is 0 Å². The Hall–Kier alpha value is -0.160. The van der Waals surface area contributed by atoms with Crippen molar-refractivity contribution in [3.8, 4) is 0 Å². The lowest BCUT2D eigenvalue weighted by molar-refractivity contribution is -0.208. The van der Waals surface area contributed by atoms with Gasteiger partial charge in [-0.3, -0.25) is 0 Å². The van der Waals surface area contributed by atoms with Gasteiger partial charge in [-0.2, -0.15) is 0 Å². The normalized spacial score (nSPS) is 29.5. The highest BCUT2D eigenvalue weighted by Crippen LogP contribution is 2.25. The number of hydrogen-bond donors (Lipinski definition) is 0. The molecule has 0 aliphatic carbocycles. The van der Waals surface area contributed by atoms with Gasteiger partial charge in [-0.25, -0.2) is 0 Å². The molecule has 1 heterocycles. The summed E-state index contributed by atoms with van der Waals surface area (Å²) in [5, 5.41) is 0. The molecule has 0 aromatic rings. The molecule has 0 spiro atoms. The lowest BCUT2D eigenvalue weighted by Gasteiger charge is -2.32. The summed E-state index contributed by atoms with van der Waals surface area (Å²) in [6.45, 7) is 0.715. The molecule has 0 bridgehead atoms. The van der Waals surface area contributed by atoms with Gasteiger partial charge in [-0.1, -0.05) is 0 Å². The molecule has 2 unspecified atom stereocenters. The Morgan fingerprint density at radius 2 is 1.92 bits per heavy atom. The first-order chi connectivity index (χ1) is 6.31. The first-order valence-corrected chi connectivity index (χ1v) is 4.51. The van der Waals surface area contributed by atoms with E-state index < -0.39 is 0 Å². The van der Waals surface area contributed by atoms with Crippen molar-refractivity contribution in [1.82, 2.24) is 0 Å². The van der Waals surface area contributed by atoms with Crippen LogP contribution in [0.25, 0.3) is 0 Å². The second kappa shape index (κ2) is 5.54. The van der Waals surface area contributed by atoms with Crippen LogP contribution in [0.3, 0.4) is 0 Å². The molecule has 0 N–H and O–H groups in total. The first-order valence-electron chi connectivity index (χ1n) is 4.51. The van der Waals surface area contributed by atoms with E-state index in [1.807, 2.05) is 0 Å². The minimum absolute atomic E-state index is 0.105. The van der Waals surface area contributed by atoms with Gasteiger partial charge >= 0.3 is 0 Å². The van der Waals surface area contributed by atoms with Crippen molar-refractivity contribution in [2.24, 2.45) is 5.92 Å². The second-order valence-electron chi connectivity index (χ2n) is 3.16. The van der Waals surface area contributed by atoms with Crippen molar-refractivity contribution in [3.05, 3.63) is 0 Å². The smallest absolute Gasteiger partial charge is 0.159 e. The Balaban J connectivity index is 2.40. The zero-order chi connectivity index (χ0) is 9.68. The fourth-order valence-electron chi connectivity index (χ4n) is 1.68. The van der Waals surface area contributed by atoms with Crippen molar-refractivity contribution < 1.29 is 18.9 Å². The van der Waals surface area contributed by atoms with Crippen molar-refractivity contribution in [1.29, 1.82) is 0 Å². The van der Waals surface area contributed by atoms with Crippen molar-refractivity contribution in [3.63, 3.8) is 0 Å². The Morgan fingerprint density at radius 1 is 1.23 bits per heavy atom. The molecule has 0 saturated carbocycles. The van der Waals surface area contributed by atoms with Gasteiger partial charge in [0.15, 0.2) is 12.6 Å². The Bertz CT molecular complexity index is 136. The van der Waals surface area contributed by atoms with Crippen LogP contribution >= 0.6 is 0 Å². The number of hydrogen-bond acceptors (Lipinski definition) is 4. The summed E-state index contributed by atoms with van der Waals surface area (Å²) >= 11 is 0. The van der Waals surface area contributed by atoms with Gasteiger partial charge in [0.1, 0.15) is 0 Å². The summed E-state index contributed by atoms with van der Waals surface area (Å²) < 4.78 is 20.9. The molecule has 1 fully saturated rings. The third-order valence-electron chi connectivity index (χ3n) is 2.40. The van der Waals surface area contributed by atoms with E-state index in [-0.39, 0.29) is 12.6 Å². The zero-order valence-electron chi connectivity index (χ0n) is 8.49. The standard InChI is InChI=1S/C9H18O4/c1-10-8-6-7(4-5-13-8)9(11-2)12-3/h7-9H,4-6H2,1-3H3. The van der Waals surface area contributed by atoms with Crippen LogP contribution in [-0.2, 0) is 18.9 Å². The molecule has 0 aromatic carbocycles. The first kappa shape index (κ1) is 10.9. The van der Waals surface area contributed by atoms with Crippen LogP contribution < -0.4 is 0 Å². The zero-order valence-corrected chi connectivity index (χ0v) is 8.49. The van der Waals surface area contributed by atoms with E-state index in [2.05, 4.69) is 0 Å². The van der Waals surface area contributed by atoms with E-state index in [1.54, 1.807) is 21.3 Å². The Kier molecular flexibility index (Phi) is 4.66. The van der Waals surface area contributed by atoms with Crippen molar-refractivity contribution >= 4 is 0 Å². The van der Waals surface area contributed by atoms with Crippen LogP contribution in [0.1, 0.15) is 12.8 Å². The maximum absolute atomic E-state index is 5.36. The molecule has 1 aliphatic heterocycles. The summed E-state index contributed by atoms with van der Waals surface area (Å²) in [6.07, 6.45) is 1.56. The van der Waals surface area contributed by atoms with Crippen LogP contribution in [0.5, 0.6) is 0 Å². The highest BCUT2D eigenvalue weighted by molar-refractivity contribution is 4.69. The van der Waals surface area contributed by atoms with E-state index in [9.17, 15) is 0 Å². The molecule has 4 heteroatoms. The predicted octanol–water partition coefficient (Wildman–Crippen LogP) is 1.00. The fourth-order valence-corrected chi connectivity index (χ4v) is 1.68. The minimum atomic E-state index is -0.137. The molecule has 0 aromatic heterocycles. The maximum atomic E-state index is 5.36. The molecular formula is C9H18O4. The second-order valence-corrected chi connectivity index (χ2v) is 3.16. The summed E-state index contributed by atoms with van der Waals surface area (Å²) in [5.41, 5.74) is 0. The summed E-state index contributed by atoms with van der Waals surface area (Å²) in [7, 11) is 4.97. The number of methoxy groups -OCH3 is 3. The fraction of sp³-hybridized carbons (Fsp3) is 1.00. The third kappa shape index (κ3) is 2.91. The maximum Gasteiger partial charge on any atom is 0.159 e. The highest BCUT2D eigenvalue weighted by Gasteiger charge is 2.28. The van der Waals surface area contributed by atoms with Crippen molar-refractivity contribution in [2.75, 3.05) is 27.9 Å². The van der Waals surface area contributed by atoms with Gasteiger partial charge < -0.3 is 18.9 Å². The highest BCUT2D eigenvalue weighted by atomic mass is 16.7. The molecule has 1 saturated heterocycles. The minimum Gasteiger partial charge on any atom is -0.356 e. The van der Waals surface area contributed by atoms with Gasteiger partial charge in [0.2, 0.25) is 0 Å². The Morgan fingerprint density at radius 3 is 2.46 bits per heavy atom. The van der Waals surface area contributed by atoms with Gasteiger partial charge in [-0.05, 0) is 6.42 Å². The lowest BCUT2D eigenvalue weighted by Crippen LogP contribution is -2.35. The summed E-state index contributed by atoms with van der Waals surface area (Å²) in [5.74, 6) is 0.369. The van der Waals surface area contributed by atoms with Crippen LogP contribution in [-0.4, -0.2) is 40.5 Å². The molecule has 1 rings (SSSR count). The lowest BCUT2D eigenvalue weighted by atomic mass is 9.98. The van der Waals surface area contributed by atoms with Gasteiger partial charge in [0.05, 0.1) is 6.61 Å². The largest absolute Gasteiger partial charge is 0.356 e. The van der Waals surface area contributed by atoms with Gasteiger partial charge in [0, 0.05) is 33.7 Å². The van der Waals surface area contributed by atoms with E-state index in [0.717, 1.165) is 12.8 Å². The van der Waals surface area contributed by atoms with E-state index in [0.29, 0.717) is 12.5 Å². The van der Waals surface area contributed by atoms with Crippen LogP contribution in [0.15, 0.2) is 0 Å². The summed E-state index contributed by atoms with van der Waals surface area (Å²) in [6, 6.07) is 0. The van der Waals surface area contributed by atoms with Crippen LogP contribution in [0.4, 0.5) is 0 Å². The molecule has 1 aliphatic rings. The SMILES string of the molecule is COC1CC(C(OC)OC)CCO1.